The zero-order valence-electron chi connectivity index (χ0n) is 10.5. The molecule has 0 aromatic heterocycles. The average Bonchev–Trinajstić information content (AvgIpc) is 2.38. The van der Waals surface area contributed by atoms with Gasteiger partial charge in [-0.1, -0.05) is 6.07 Å². The molecule has 0 aliphatic carbocycles. The number of halogens is 3. The van der Waals surface area contributed by atoms with Gasteiger partial charge < -0.3 is 11.1 Å². The van der Waals surface area contributed by atoms with Crippen molar-refractivity contribution < 1.29 is 18.0 Å². The number of hydrogen-bond donors (Lipinski definition) is 2. The van der Waals surface area contributed by atoms with Crippen molar-refractivity contribution in [2.45, 2.75) is 6.92 Å². The highest BCUT2D eigenvalue weighted by molar-refractivity contribution is 6.06. The summed E-state index contributed by atoms with van der Waals surface area (Å²) in [6, 6.07) is 5.75. The lowest BCUT2D eigenvalue weighted by Crippen LogP contribution is -2.15. The van der Waals surface area contributed by atoms with Crippen LogP contribution in [0.15, 0.2) is 30.3 Å². The summed E-state index contributed by atoms with van der Waals surface area (Å²) in [5.41, 5.74) is 6.19. The summed E-state index contributed by atoms with van der Waals surface area (Å²) in [5, 5.41) is 2.13. The van der Waals surface area contributed by atoms with Gasteiger partial charge in [-0.15, -0.1) is 0 Å². The number of nitrogens with two attached hydrogens (primary N) is 1. The highest BCUT2D eigenvalue weighted by atomic mass is 19.2. The molecule has 104 valence electrons. The molecule has 3 nitrogen and oxygen atoms in total. The number of nitrogens with one attached hydrogen (secondary N) is 1. The molecule has 0 bridgehead atoms. The molecule has 0 heterocycles. The number of anilines is 2. The Morgan fingerprint density at radius 3 is 2.60 bits per heavy atom. The van der Waals surface area contributed by atoms with E-state index in [1.165, 1.54) is 6.07 Å². The third kappa shape index (κ3) is 2.59. The van der Waals surface area contributed by atoms with Gasteiger partial charge in [0.05, 0.1) is 5.69 Å². The van der Waals surface area contributed by atoms with E-state index in [-0.39, 0.29) is 5.56 Å². The van der Waals surface area contributed by atoms with Gasteiger partial charge in [-0.05, 0) is 24.6 Å². The van der Waals surface area contributed by atoms with Crippen molar-refractivity contribution in [2.75, 3.05) is 11.1 Å². The molecule has 0 aliphatic heterocycles. The lowest BCUT2D eigenvalue weighted by molar-refractivity contribution is 0.102. The predicted octanol–water partition coefficient (Wildman–Crippen LogP) is 3.25. The first-order valence-electron chi connectivity index (χ1n) is 5.71. The van der Waals surface area contributed by atoms with Crippen LogP contribution in [0.1, 0.15) is 15.9 Å². The van der Waals surface area contributed by atoms with E-state index in [1.807, 2.05) is 0 Å². The monoisotopic (exact) mass is 280 g/mol. The first-order valence-corrected chi connectivity index (χ1v) is 5.71. The Balaban J connectivity index is 2.35. The van der Waals surface area contributed by atoms with Crippen LogP contribution in [0, 0.1) is 24.4 Å². The summed E-state index contributed by atoms with van der Waals surface area (Å²) in [4.78, 5) is 12.0. The Kier molecular flexibility index (Phi) is 3.65. The van der Waals surface area contributed by atoms with Crippen molar-refractivity contribution in [3.63, 3.8) is 0 Å². The molecule has 6 heteroatoms. The van der Waals surface area contributed by atoms with E-state index >= 15 is 0 Å². The number of amides is 1. The van der Waals surface area contributed by atoms with Crippen LogP contribution in [0.5, 0.6) is 0 Å². The van der Waals surface area contributed by atoms with E-state index < -0.39 is 29.0 Å². The fourth-order valence-corrected chi connectivity index (χ4v) is 1.74. The van der Waals surface area contributed by atoms with Crippen molar-refractivity contribution in [1.29, 1.82) is 0 Å². The van der Waals surface area contributed by atoms with E-state index in [4.69, 9.17) is 5.73 Å². The van der Waals surface area contributed by atoms with Crippen LogP contribution >= 0.6 is 0 Å². The van der Waals surface area contributed by atoms with Crippen molar-refractivity contribution in [1.82, 2.24) is 0 Å². The molecular formula is C14H11F3N2O. The van der Waals surface area contributed by atoms with Crippen LogP contribution in [0.4, 0.5) is 24.5 Å². The van der Waals surface area contributed by atoms with Crippen molar-refractivity contribution in [3.8, 4) is 0 Å². The number of nitrogen functional groups attached to an aromatic ring is 1. The van der Waals surface area contributed by atoms with Gasteiger partial charge in [-0.25, -0.2) is 13.2 Å². The maximum atomic E-state index is 13.5. The summed E-state index contributed by atoms with van der Waals surface area (Å²) in [6.45, 7) is 1.62. The van der Waals surface area contributed by atoms with Crippen LogP contribution in [0.25, 0.3) is 0 Å². The van der Waals surface area contributed by atoms with Gasteiger partial charge in [-0.2, -0.15) is 0 Å². The molecule has 0 radical (unpaired) electrons. The van der Waals surface area contributed by atoms with Crippen molar-refractivity contribution in [3.05, 3.63) is 58.9 Å². The Labute approximate surface area is 113 Å². The molecule has 2 aromatic rings. The molecule has 0 spiro atoms. The minimum Gasteiger partial charge on any atom is -0.398 e. The molecule has 1 amide bonds. The summed E-state index contributed by atoms with van der Waals surface area (Å²) >= 11 is 0. The molecule has 0 saturated heterocycles. The minimum atomic E-state index is -1.37. The number of benzene rings is 2. The fraction of sp³-hybridized carbons (Fsp3) is 0.0714. The molecule has 0 atom stereocenters. The molecule has 0 saturated carbocycles. The summed E-state index contributed by atoms with van der Waals surface area (Å²) in [7, 11) is 0. The second-order valence-corrected chi connectivity index (χ2v) is 4.22. The Bertz CT molecular complexity index is 686. The van der Waals surface area contributed by atoms with E-state index in [1.54, 1.807) is 19.1 Å². The molecule has 0 fully saturated rings. The van der Waals surface area contributed by atoms with Gasteiger partial charge in [0.25, 0.3) is 5.91 Å². The summed E-state index contributed by atoms with van der Waals surface area (Å²) in [5.74, 6) is -4.37. The van der Waals surface area contributed by atoms with Gasteiger partial charge in [-0.3, -0.25) is 4.79 Å². The lowest BCUT2D eigenvalue weighted by Gasteiger charge is -2.10. The predicted molar refractivity (Wildman–Crippen MR) is 69.9 cm³/mol. The largest absolute Gasteiger partial charge is 0.398 e. The standard InChI is InChI=1S/C14H11F3N2O/c1-7-9(3-2-4-11(7)18)14(20)19-12-6-8(15)5-10(16)13(12)17/h2-6H,18H2,1H3,(H,19,20). The van der Waals surface area contributed by atoms with Gasteiger partial charge in [0.2, 0.25) is 0 Å². The topological polar surface area (TPSA) is 55.1 Å². The number of carbonyl (C=O) groups excluding carboxylic acids is 1. The summed E-state index contributed by atoms with van der Waals surface area (Å²) < 4.78 is 39.5. The van der Waals surface area contributed by atoms with Crippen molar-refractivity contribution >= 4 is 17.3 Å². The van der Waals surface area contributed by atoms with E-state index in [9.17, 15) is 18.0 Å². The molecule has 0 aliphatic rings. The quantitative estimate of drug-likeness (QED) is 0.655. The molecule has 0 unspecified atom stereocenters. The molecule has 2 aromatic carbocycles. The third-order valence-corrected chi connectivity index (χ3v) is 2.86. The van der Waals surface area contributed by atoms with Crippen LogP contribution in [-0.4, -0.2) is 5.91 Å². The highest BCUT2D eigenvalue weighted by Gasteiger charge is 2.16. The second-order valence-electron chi connectivity index (χ2n) is 4.22. The second kappa shape index (κ2) is 5.24. The number of carbonyl (C=O) groups is 1. The van der Waals surface area contributed by atoms with Crippen LogP contribution < -0.4 is 11.1 Å². The van der Waals surface area contributed by atoms with Crippen molar-refractivity contribution in [2.24, 2.45) is 0 Å². The minimum absolute atomic E-state index is 0.203. The van der Waals surface area contributed by atoms with Gasteiger partial charge >= 0.3 is 0 Å². The molecular weight excluding hydrogens is 269 g/mol. The molecule has 20 heavy (non-hydrogen) atoms. The maximum Gasteiger partial charge on any atom is 0.256 e. The lowest BCUT2D eigenvalue weighted by atomic mass is 10.1. The van der Waals surface area contributed by atoms with Gasteiger partial charge in [0.15, 0.2) is 11.6 Å². The average molecular weight is 280 g/mol. The molecule has 2 rings (SSSR count). The van der Waals surface area contributed by atoms with E-state index in [0.717, 1.165) is 0 Å². The Morgan fingerprint density at radius 2 is 1.90 bits per heavy atom. The number of hydrogen-bond acceptors (Lipinski definition) is 2. The van der Waals surface area contributed by atoms with E-state index in [2.05, 4.69) is 5.32 Å². The van der Waals surface area contributed by atoms with Crippen LogP contribution in [0.2, 0.25) is 0 Å². The van der Waals surface area contributed by atoms with E-state index in [0.29, 0.717) is 23.4 Å². The van der Waals surface area contributed by atoms with Gasteiger partial charge in [0.1, 0.15) is 5.82 Å². The third-order valence-electron chi connectivity index (χ3n) is 2.86. The first kappa shape index (κ1) is 13.9. The number of rotatable bonds is 2. The zero-order chi connectivity index (χ0) is 14.9. The van der Waals surface area contributed by atoms with Crippen LogP contribution in [0.3, 0.4) is 0 Å². The van der Waals surface area contributed by atoms with Crippen LogP contribution in [-0.2, 0) is 0 Å². The maximum absolute atomic E-state index is 13.5. The first-order chi connectivity index (χ1) is 9.40. The highest BCUT2D eigenvalue weighted by Crippen LogP contribution is 2.21. The summed E-state index contributed by atoms with van der Waals surface area (Å²) in [6.07, 6.45) is 0. The SMILES string of the molecule is Cc1c(N)cccc1C(=O)Nc1cc(F)cc(F)c1F. The Morgan fingerprint density at radius 1 is 1.20 bits per heavy atom. The zero-order valence-corrected chi connectivity index (χ0v) is 10.5. The Hall–Kier alpha value is -2.50. The fourth-order valence-electron chi connectivity index (χ4n) is 1.74. The molecule has 3 N–H and O–H groups in total. The normalized spacial score (nSPS) is 10.4. The van der Waals surface area contributed by atoms with Gasteiger partial charge in [0, 0.05) is 23.4 Å². The smallest absolute Gasteiger partial charge is 0.256 e.